The fourth-order valence-electron chi connectivity index (χ4n) is 4.04. The van der Waals surface area contributed by atoms with E-state index in [1.165, 1.54) is 18.6 Å². The van der Waals surface area contributed by atoms with Crippen LogP contribution in [-0.4, -0.2) is 46.1 Å². The first-order valence-corrected chi connectivity index (χ1v) is 10.6. The Balaban J connectivity index is 1.60. The van der Waals surface area contributed by atoms with Crippen molar-refractivity contribution in [1.82, 2.24) is 25.3 Å². The van der Waals surface area contributed by atoms with Crippen LogP contribution in [0, 0.1) is 0 Å². The van der Waals surface area contributed by atoms with Gasteiger partial charge in [-0.05, 0) is 35.7 Å². The van der Waals surface area contributed by atoms with E-state index in [4.69, 9.17) is 0 Å². The van der Waals surface area contributed by atoms with Gasteiger partial charge < -0.3 is 20.5 Å². The Morgan fingerprint density at radius 3 is 2.53 bits per heavy atom. The second kappa shape index (κ2) is 8.75. The van der Waals surface area contributed by atoms with Crippen LogP contribution in [0.25, 0.3) is 22.0 Å². The highest BCUT2D eigenvalue weighted by Crippen LogP contribution is 2.39. The summed E-state index contributed by atoms with van der Waals surface area (Å²) in [5, 5.41) is 6.90. The molecule has 3 aromatic heterocycles. The Kier molecular flexibility index (Phi) is 5.62. The number of halogens is 3. The lowest BCUT2D eigenvalue weighted by Crippen LogP contribution is -2.44. The number of aromatic nitrogens is 4. The standard InChI is InChI=1S/C23H20F3N7O/c24-23(25,26)17-10-16(1-2-19(17)33-7-5-27-6-8-33)31-21-20-14(3-4-30-22(20)34)9-18(32-21)15-11-28-13-29-12-15/h1-4,9-13,27H,5-8H2,(H,30,34)(H,31,32). The topological polar surface area (TPSA) is 98.8 Å². The molecule has 0 spiro atoms. The van der Waals surface area contributed by atoms with E-state index in [-0.39, 0.29) is 22.6 Å². The number of nitrogens with one attached hydrogen (secondary N) is 3. The average Bonchev–Trinajstić information content (AvgIpc) is 2.84. The largest absolute Gasteiger partial charge is 0.418 e. The van der Waals surface area contributed by atoms with Crippen LogP contribution in [0.2, 0.25) is 0 Å². The minimum absolute atomic E-state index is 0.130. The molecule has 0 saturated carbocycles. The van der Waals surface area contributed by atoms with Gasteiger partial charge in [-0.15, -0.1) is 0 Å². The summed E-state index contributed by atoms with van der Waals surface area (Å²) in [6, 6.07) is 7.49. The van der Waals surface area contributed by atoms with Gasteiger partial charge in [0, 0.05) is 61.7 Å². The first kappa shape index (κ1) is 21.8. The molecule has 0 atom stereocenters. The van der Waals surface area contributed by atoms with Gasteiger partial charge in [0.2, 0.25) is 0 Å². The van der Waals surface area contributed by atoms with Gasteiger partial charge in [0.25, 0.3) is 5.56 Å². The van der Waals surface area contributed by atoms with Crippen molar-refractivity contribution in [2.75, 3.05) is 36.4 Å². The molecule has 174 valence electrons. The predicted octanol–water partition coefficient (Wildman–Crippen LogP) is 3.55. The van der Waals surface area contributed by atoms with E-state index >= 15 is 0 Å². The van der Waals surface area contributed by atoms with E-state index in [9.17, 15) is 18.0 Å². The molecule has 8 nitrogen and oxygen atoms in total. The number of piperazine rings is 1. The molecule has 0 aliphatic carbocycles. The number of benzene rings is 1. The predicted molar refractivity (Wildman–Crippen MR) is 123 cm³/mol. The van der Waals surface area contributed by atoms with Crippen molar-refractivity contribution in [1.29, 1.82) is 0 Å². The number of H-pyrrole nitrogens is 1. The number of pyridine rings is 2. The lowest BCUT2D eigenvalue weighted by molar-refractivity contribution is -0.137. The summed E-state index contributed by atoms with van der Waals surface area (Å²) in [6.07, 6.45) is 1.48. The Hall–Kier alpha value is -3.99. The van der Waals surface area contributed by atoms with Gasteiger partial charge in [0.1, 0.15) is 12.1 Å². The van der Waals surface area contributed by atoms with Crippen molar-refractivity contribution in [2.24, 2.45) is 0 Å². The van der Waals surface area contributed by atoms with E-state index in [1.807, 2.05) is 0 Å². The average molecular weight is 467 g/mol. The molecule has 4 aromatic rings. The molecular formula is C23H20F3N7O. The molecule has 1 aliphatic heterocycles. The van der Waals surface area contributed by atoms with Crippen molar-refractivity contribution in [3.63, 3.8) is 0 Å². The highest BCUT2D eigenvalue weighted by atomic mass is 19.4. The molecule has 1 saturated heterocycles. The van der Waals surface area contributed by atoms with Gasteiger partial charge in [-0.1, -0.05) is 0 Å². The molecule has 3 N–H and O–H groups in total. The maximum atomic E-state index is 14.0. The van der Waals surface area contributed by atoms with Crippen LogP contribution in [0.4, 0.5) is 30.4 Å². The number of nitrogens with zero attached hydrogens (tertiary/aromatic N) is 4. The Bertz CT molecular complexity index is 1380. The second-order valence-corrected chi connectivity index (χ2v) is 7.85. The van der Waals surface area contributed by atoms with E-state index in [1.54, 1.807) is 35.5 Å². The summed E-state index contributed by atoms with van der Waals surface area (Å²) in [6.45, 7) is 2.20. The molecule has 0 bridgehead atoms. The zero-order chi connectivity index (χ0) is 23.7. The van der Waals surface area contributed by atoms with E-state index in [0.717, 1.165) is 6.07 Å². The summed E-state index contributed by atoms with van der Waals surface area (Å²) >= 11 is 0. The zero-order valence-electron chi connectivity index (χ0n) is 17.9. The summed E-state index contributed by atoms with van der Waals surface area (Å²) < 4.78 is 41.9. The van der Waals surface area contributed by atoms with Crippen molar-refractivity contribution in [3.05, 3.63) is 71.2 Å². The zero-order valence-corrected chi connectivity index (χ0v) is 17.9. The fourth-order valence-corrected chi connectivity index (χ4v) is 4.04. The van der Waals surface area contributed by atoms with E-state index in [2.05, 4.69) is 30.6 Å². The van der Waals surface area contributed by atoms with Crippen LogP contribution < -0.4 is 21.1 Å². The van der Waals surface area contributed by atoms with Crippen molar-refractivity contribution >= 4 is 28.0 Å². The van der Waals surface area contributed by atoms with Crippen LogP contribution in [0.5, 0.6) is 0 Å². The number of aromatic amines is 1. The third kappa shape index (κ3) is 4.29. The van der Waals surface area contributed by atoms with Crippen molar-refractivity contribution in [2.45, 2.75) is 6.18 Å². The molecule has 1 aromatic carbocycles. The number of fused-ring (bicyclic) bond motifs is 1. The van der Waals surface area contributed by atoms with Gasteiger partial charge in [-0.25, -0.2) is 15.0 Å². The van der Waals surface area contributed by atoms with Crippen LogP contribution in [0.1, 0.15) is 5.56 Å². The molecule has 5 rings (SSSR count). The number of hydrogen-bond donors (Lipinski definition) is 3. The summed E-state index contributed by atoms with van der Waals surface area (Å²) in [5.74, 6) is 0.140. The quantitative estimate of drug-likeness (QED) is 0.422. The van der Waals surface area contributed by atoms with Crippen molar-refractivity contribution in [3.8, 4) is 11.3 Å². The number of anilines is 3. The highest BCUT2D eigenvalue weighted by Gasteiger charge is 2.35. The Labute approximate surface area is 191 Å². The molecule has 4 heterocycles. The third-order valence-electron chi connectivity index (χ3n) is 5.63. The van der Waals surface area contributed by atoms with Gasteiger partial charge in [0.05, 0.1) is 16.6 Å². The fraction of sp³-hybridized carbons (Fsp3) is 0.217. The molecule has 0 unspecified atom stereocenters. The SMILES string of the molecule is O=c1[nH]ccc2cc(-c3cncnc3)nc(Nc3ccc(N4CCNCC4)c(C(F)(F)F)c3)c12. The maximum absolute atomic E-state index is 14.0. The van der Waals surface area contributed by atoms with Crippen LogP contribution >= 0.6 is 0 Å². The molecule has 11 heteroatoms. The smallest absolute Gasteiger partial charge is 0.368 e. The minimum atomic E-state index is -4.55. The molecule has 0 radical (unpaired) electrons. The van der Waals surface area contributed by atoms with Crippen molar-refractivity contribution < 1.29 is 13.2 Å². The molecule has 34 heavy (non-hydrogen) atoms. The highest BCUT2D eigenvalue weighted by molar-refractivity contribution is 5.95. The van der Waals surface area contributed by atoms with Crippen LogP contribution in [0.3, 0.4) is 0 Å². The third-order valence-corrected chi connectivity index (χ3v) is 5.63. The lowest BCUT2D eigenvalue weighted by Gasteiger charge is -2.31. The maximum Gasteiger partial charge on any atom is 0.418 e. The summed E-state index contributed by atoms with van der Waals surface area (Å²) in [7, 11) is 0. The van der Waals surface area contributed by atoms with Gasteiger partial charge in [-0.2, -0.15) is 13.2 Å². The number of rotatable bonds is 4. The monoisotopic (exact) mass is 467 g/mol. The number of alkyl halides is 3. The molecular weight excluding hydrogens is 447 g/mol. The normalized spacial score (nSPS) is 14.4. The molecule has 1 aliphatic rings. The van der Waals surface area contributed by atoms with E-state index in [0.29, 0.717) is 42.8 Å². The van der Waals surface area contributed by atoms with Crippen LogP contribution in [-0.2, 0) is 6.18 Å². The first-order chi connectivity index (χ1) is 16.4. The summed E-state index contributed by atoms with van der Waals surface area (Å²) in [4.78, 5) is 29.4. The van der Waals surface area contributed by atoms with E-state index < -0.39 is 17.3 Å². The van der Waals surface area contributed by atoms with Gasteiger partial charge >= 0.3 is 6.18 Å². The number of hydrogen-bond acceptors (Lipinski definition) is 7. The van der Waals surface area contributed by atoms with Gasteiger partial charge in [-0.3, -0.25) is 4.79 Å². The summed E-state index contributed by atoms with van der Waals surface area (Å²) in [5.41, 5.74) is 0.240. The molecule has 0 amide bonds. The van der Waals surface area contributed by atoms with Gasteiger partial charge in [0.15, 0.2) is 0 Å². The first-order valence-electron chi connectivity index (χ1n) is 10.6. The second-order valence-electron chi connectivity index (χ2n) is 7.85. The van der Waals surface area contributed by atoms with Crippen LogP contribution in [0.15, 0.2) is 60.0 Å². The molecule has 1 fully saturated rings. The lowest BCUT2D eigenvalue weighted by atomic mass is 10.1. The Morgan fingerprint density at radius 2 is 1.79 bits per heavy atom. The Morgan fingerprint density at radius 1 is 1.03 bits per heavy atom. The minimum Gasteiger partial charge on any atom is -0.368 e.